The predicted octanol–water partition coefficient (Wildman–Crippen LogP) is 1.53. The van der Waals surface area contributed by atoms with Crippen molar-refractivity contribution in [3.63, 3.8) is 0 Å². The maximum absolute atomic E-state index is 12.0. The highest BCUT2D eigenvalue weighted by Crippen LogP contribution is 2.17. The average Bonchev–Trinajstić information content (AvgIpc) is 2.37. The molecule has 1 saturated heterocycles. The Morgan fingerprint density at radius 3 is 2.57 bits per heavy atom. The van der Waals surface area contributed by atoms with E-state index in [0.29, 0.717) is 12.5 Å². The van der Waals surface area contributed by atoms with Crippen LogP contribution < -0.4 is 10.6 Å². The molecule has 1 aromatic rings. The summed E-state index contributed by atoms with van der Waals surface area (Å²) in [5.41, 5.74) is 1.95. The summed E-state index contributed by atoms with van der Waals surface area (Å²) in [6, 6.07) is 7.43. The number of amides is 1. The lowest BCUT2D eigenvalue weighted by atomic mass is 10.0. The first-order valence-electron chi connectivity index (χ1n) is 7.19. The molecule has 1 atom stereocenters. The van der Waals surface area contributed by atoms with Crippen LogP contribution in [0.4, 0.5) is 5.69 Å². The van der Waals surface area contributed by atoms with E-state index < -0.39 is 9.84 Å². The topological polar surface area (TPSA) is 75.3 Å². The van der Waals surface area contributed by atoms with Crippen LogP contribution in [0.1, 0.15) is 31.7 Å². The molecule has 0 spiro atoms. The second-order valence-electron chi connectivity index (χ2n) is 5.79. The maximum Gasteiger partial charge on any atom is 0.225 e. The van der Waals surface area contributed by atoms with Crippen LogP contribution >= 0.6 is 0 Å². The molecule has 0 aliphatic carbocycles. The number of carbonyl (C=O) groups excluding carboxylic acids is 1. The number of rotatable bonds is 4. The number of hydrogen-bond acceptors (Lipinski definition) is 4. The second kappa shape index (κ2) is 6.58. The van der Waals surface area contributed by atoms with Gasteiger partial charge >= 0.3 is 0 Å². The molecule has 6 heteroatoms. The SMILES string of the molecule is CC(C)c1ccc(NC(=O)CC2CS(=O)(=O)CCN2)cc1. The van der Waals surface area contributed by atoms with E-state index in [9.17, 15) is 13.2 Å². The fourth-order valence-electron chi connectivity index (χ4n) is 2.39. The van der Waals surface area contributed by atoms with Crippen molar-refractivity contribution in [1.29, 1.82) is 0 Å². The number of hydrogen-bond donors (Lipinski definition) is 2. The number of benzene rings is 1. The van der Waals surface area contributed by atoms with E-state index in [1.807, 2.05) is 24.3 Å². The molecule has 1 heterocycles. The predicted molar refractivity (Wildman–Crippen MR) is 84.2 cm³/mol. The van der Waals surface area contributed by atoms with Crippen LogP contribution in [0.3, 0.4) is 0 Å². The standard InChI is InChI=1S/C15H22N2O3S/c1-11(2)12-3-5-13(6-4-12)17-15(18)9-14-10-21(19,20)8-7-16-14/h3-6,11,14,16H,7-10H2,1-2H3,(H,17,18). The third-order valence-electron chi connectivity index (χ3n) is 3.59. The minimum atomic E-state index is -3.01. The Bertz CT molecular complexity index is 594. The van der Waals surface area contributed by atoms with Gasteiger partial charge in [-0.15, -0.1) is 0 Å². The van der Waals surface area contributed by atoms with Gasteiger partial charge in [-0.05, 0) is 23.6 Å². The first kappa shape index (κ1) is 16.0. The van der Waals surface area contributed by atoms with E-state index in [0.717, 1.165) is 5.69 Å². The van der Waals surface area contributed by atoms with Gasteiger partial charge in [0.1, 0.15) is 0 Å². The highest BCUT2D eigenvalue weighted by molar-refractivity contribution is 7.91. The minimum Gasteiger partial charge on any atom is -0.326 e. The zero-order valence-corrected chi connectivity index (χ0v) is 13.2. The molecule has 0 saturated carbocycles. The molecule has 1 fully saturated rings. The van der Waals surface area contributed by atoms with Crippen LogP contribution in [0.15, 0.2) is 24.3 Å². The number of anilines is 1. The summed E-state index contributed by atoms with van der Waals surface area (Å²) in [5.74, 6) is 0.474. The summed E-state index contributed by atoms with van der Waals surface area (Å²) in [6.45, 7) is 4.65. The number of carbonyl (C=O) groups is 1. The van der Waals surface area contributed by atoms with Crippen molar-refractivity contribution in [2.24, 2.45) is 0 Å². The summed E-state index contributed by atoms with van der Waals surface area (Å²) in [5, 5.41) is 5.88. The van der Waals surface area contributed by atoms with Crippen molar-refractivity contribution in [2.75, 3.05) is 23.4 Å². The Hall–Kier alpha value is -1.40. The van der Waals surface area contributed by atoms with Crippen molar-refractivity contribution >= 4 is 21.4 Å². The van der Waals surface area contributed by atoms with Gasteiger partial charge in [-0.3, -0.25) is 4.79 Å². The monoisotopic (exact) mass is 310 g/mol. The van der Waals surface area contributed by atoms with Crippen molar-refractivity contribution in [1.82, 2.24) is 5.32 Å². The quantitative estimate of drug-likeness (QED) is 0.884. The van der Waals surface area contributed by atoms with E-state index in [2.05, 4.69) is 24.5 Å². The first-order valence-corrected chi connectivity index (χ1v) is 9.01. The van der Waals surface area contributed by atoms with E-state index >= 15 is 0 Å². The largest absolute Gasteiger partial charge is 0.326 e. The maximum atomic E-state index is 12.0. The summed E-state index contributed by atoms with van der Waals surface area (Å²) < 4.78 is 23.1. The number of nitrogens with one attached hydrogen (secondary N) is 2. The van der Waals surface area contributed by atoms with Gasteiger partial charge in [-0.25, -0.2) is 8.42 Å². The molecule has 116 valence electrons. The van der Waals surface area contributed by atoms with E-state index in [1.54, 1.807) is 0 Å². The van der Waals surface area contributed by atoms with Gasteiger partial charge < -0.3 is 10.6 Å². The van der Waals surface area contributed by atoms with Gasteiger partial charge in [0.05, 0.1) is 11.5 Å². The van der Waals surface area contributed by atoms with Gasteiger partial charge in [0.2, 0.25) is 5.91 Å². The Balaban J connectivity index is 1.89. The van der Waals surface area contributed by atoms with Crippen molar-refractivity contribution in [3.8, 4) is 0 Å². The minimum absolute atomic E-state index is 0.0344. The molecule has 0 aromatic heterocycles. The van der Waals surface area contributed by atoms with Crippen molar-refractivity contribution in [3.05, 3.63) is 29.8 Å². The molecule has 1 aliphatic rings. The lowest BCUT2D eigenvalue weighted by Crippen LogP contribution is -2.46. The van der Waals surface area contributed by atoms with Crippen LogP contribution in [-0.2, 0) is 14.6 Å². The highest BCUT2D eigenvalue weighted by Gasteiger charge is 2.25. The van der Waals surface area contributed by atoms with E-state index in [4.69, 9.17) is 0 Å². The van der Waals surface area contributed by atoms with Gasteiger partial charge in [0.25, 0.3) is 0 Å². The zero-order chi connectivity index (χ0) is 15.5. The normalized spacial score (nSPS) is 21.2. The van der Waals surface area contributed by atoms with Gasteiger partial charge in [-0.2, -0.15) is 0 Å². The molecule has 2 rings (SSSR count). The fourth-order valence-corrected chi connectivity index (χ4v) is 3.83. The lowest BCUT2D eigenvalue weighted by Gasteiger charge is -2.23. The molecule has 0 radical (unpaired) electrons. The fraction of sp³-hybridized carbons (Fsp3) is 0.533. The molecule has 21 heavy (non-hydrogen) atoms. The number of sulfone groups is 1. The molecular formula is C15H22N2O3S. The third kappa shape index (κ3) is 4.82. The Kier molecular flexibility index (Phi) is 5.00. The smallest absolute Gasteiger partial charge is 0.225 e. The van der Waals surface area contributed by atoms with Crippen molar-refractivity contribution in [2.45, 2.75) is 32.2 Å². The summed E-state index contributed by atoms with van der Waals surface area (Å²) in [7, 11) is -3.01. The molecule has 1 aromatic carbocycles. The highest BCUT2D eigenvalue weighted by atomic mass is 32.2. The average molecular weight is 310 g/mol. The molecule has 1 aliphatic heterocycles. The zero-order valence-electron chi connectivity index (χ0n) is 12.4. The van der Waals surface area contributed by atoms with Gasteiger partial charge in [-0.1, -0.05) is 26.0 Å². The molecule has 1 unspecified atom stereocenters. The van der Waals surface area contributed by atoms with Gasteiger partial charge in [0.15, 0.2) is 9.84 Å². The van der Waals surface area contributed by atoms with E-state index in [1.165, 1.54) is 5.56 Å². The van der Waals surface area contributed by atoms with Gasteiger partial charge in [0, 0.05) is 24.7 Å². The van der Waals surface area contributed by atoms with Crippen LogP contribution in [0.5, 0.6) is 0 Å². The van der Waals surface area contributed by atoms with E-state index in [-0.39, 0.29) is 29.9 Å². The van der Waals surface area contributed by atoms with Crippen LogP contribution in [-0.4, -0.2) is 38.4 Å². The summed E-state index contributed by atoms with van der Waals surface area (Å²) in [4.78, 5) is 12.0. The summed E-state index contributed by atoms with van der Waals surface area (Å²) in [6.07, 6.45) is 0.172. The molecule has 5 nitrogen and oxygen atoms in total. The molecule has 0 bridgehead atoms. The third-order valence-corrected chi connectivity index (χ3v) is 5.33. The molecule has 2 N–H and O–H groups in total. The molecular weight excluding hydrogens is 288 g/mol. The lowest BCUT2D eigenvalue weighted by molar-refractivity contribution is -0.116. The van der Waals surface area contributed by atoms with Crippen LogP contribution in [0.25, 0.3) is 0 Å². The van der Waals surface area contributed by atoms with Crippen LogP contribution in [0, 0.1) is 0 Å². The van der Waals surface area contributed by atoms with Crippen LogP contribution in [0.2, 0.25) is 0 Å². The molecule has 1 amide bonds. The van der Waals surface area contributed by atoms with Crippen molar-refractivity contribution < 1.29 is 13.2 Å². The Labute approximate surface area is 126 Å². The Morgan fingerprint density at radius 2 is 2.00 bits per heavy atom. The first-order chi connectivity index (χ1) is 9.85. The summed E-state index contributed by atoms with van der Waals surface area (Å²) >= 11 is 0. The Morgan fingerprint density at radius 1 is 1.33 bits per heavy atom. The second-order valence-corrected chi connectivity index (χ2v) is 8.02.